The summed E-state index contributed by atoms with van der Waals surface area (Å²) in [6.07, 6.45) is 4.37. The Hall–Kier alpha value is -1.06. The molecule has 0 amide bonds. The average Bonchev–Trinajstić information content (AvgIpc) is 2.36. The molecule has 4 nitrogen and oxygen atoms in total. The van der Waals surface area contributed by atoms with Gasteiger partial charge >= 0.3 is 11.9 Å². The molecule has 0 aromatic heterocycles. The van der Waals surface area contributed by atoms with Gasteiger partial charge in [0.1, 0.15) is 0 Å². The van der Waals surface area contributed by atoms with Gasteiger partial charge in [0.25, 0.3) is 5.79 Å². The summed E-state index contributed by atoms with van der Waals surface area (Å²) in [5, 5.41) is 0. The minimum absolute atomic E-state index is 0.293. The topological polar surface area (TPSA) is 52.6 Å². The summed E-state index contributed by atoms with van der Waals surface area (Å²) in [5.74, 6) is -1.68. The molecule has 0 fully saturated rings. The molecular weight excluding hydrogens is 232 g/mol. The second kappa shape index (κ2) is 8.95. The molecular formula is C14H26O4. The zero-order chi connectivity index (χ0) is 14.0. The van der Waals surface area contributed by atoms with Crippen molar-refractivity contribution in [2.75, 3.05) is 0 Å². The Balaban J connectivity index is 4.87. The third kappa shape index (κ3) is 6.03. The lowest BCUT2D eigenvalue weighted by molar-refractivity contribution is -0.234. The first kappa shape index (κ1) is 16.9. The van der Waals surface area contributed by atoms with Crippen molar-refractivity contribution < 1.29 is 19.1 Å². The third-order valence-corrected chi connectivity index (χ3v) is 2.72. The van der Waals surface area contributed by atoms with E-state index in [9.17, 15) is 9.59 Å². The summed E-state index contributed by atoms with van der Waals surface area (Å²) in [7, 11) is 0. The van der Waals surface area contributed by atoms with Crippen LogP contribution in [0.5, 0.6) is 0 Å². The molecule has 0 heterocycles. The molecule has 18 heavy (non-hydrogen) atoms. The summed E-state index contributed by atoms with van der Waals surface area (Å²) in [5.41, 5.74) is 0. The van der Waals surface area contributed by atoms with Crippen molar-refractivity contribution >= 4 is 11.9 Å². The fraction of sp³-hybridized carbons (Fsp3) is 0.857. The van der Waals surface area contributed by atoms with Gasteiger partial charge in [-0.05, 0) is 12.8 Å². The quantitative estimate of drug-likeness (QED) is 0.468. The number of hydrogen-bond donors (Lipinski definition) is 0. The van der Waals surface area contributed by atoms with Gasteiger partial charge in [0.05, 0.1) is 0 Å². The van der Waals surface area contributed by atoms with Crippen molar-refractivity contribution in [2.45, 2.75) is 78.4 Å². The van der Waals surface area contributed by atoms with E-state index in [1.165, 1.54) is 0 Å². The maximum Gasteiger partial charge on any atom is 0.308 e. The Bertz CT molecular complexity index is 243. The van der Waals surface area contributed by atoms with Crippen molar-refractivity contribution in [1.82, 2.24) is 0 Å². The van der Waals surface area contributed by atoms with Gasteiger partial charge < -0.3 is 9.47 Å². The Morgan fingerprint density at radius 2 is 1.33 bits per heavy atom. The van der Waals surface area contributed by atoms with E-state index in [4.69, 9.17) is 9.47 Å². The van der Waals surface area contributed by atoms with Crippen molar-refractivity contribution in [3.8, 4) is 0 Å². The molecule has 0 atom stereocenters. The number of carbonyl (C=O) groups is 2. The summed E-state index contributed by atoms with van der Waals surface area (Å²) in [6.45, 7) is 7.52. The standard InChI is InChI=1S/C14H26O4/c1-5-9-11-14(10-6-2,17-12(15)7-3)18-13(16)8-4/h5-11H2,1-4H3. The van der Waals surface area contributed by atoms with Crippen molar-refractivity contribution in [2.24, 2.45) is 0 Å². The highest BCUT2D eigenvalue weighted by atomic mass is 16.7. The molecule has 0 aliphatic carbocycles. The third-order valence-electron chi connectivity index (χ3n) is 2.72. The predicted octanol–water partition coefficient (Wildman–Crippen LogP) is 3.58. The van der Waals surface area contributed by atoms with Crippen LogP contribution in [0.4, 0.5) is 0 Å². The Labute approximate surface area is 110 Å². The highest BCUT2D eigenvalue weighted by Gasteiger charge is 2.36. The van der Waals surface area contributed by atoms with Crippen LogP contribution >= 0.6 is 0 Å². The lowest BCUT2D eigenvalue weighted by atomic mass is 10.0. The van der Waals surface area contributed by atoms with Crippen molar-refractivity contribution in [3.05, 3.63) is 0 Å². The van der Waals surface area contributed by atoms with E-state index in [0.717, 1.165) is 19.3 Å². The Morgan fingerprint density at radius 1 is 0.833 bits per heavy atom. The molecule has 0 N–H and O–H groups in total. The highest BCUT2D eigenvalue weighted by Crippen LogP contribution is 2.28. The van der Waals surface area contributed by atoms with Crippen LogP contribution in [-0.4, -0.2) is 17.7 Å². The van der Waals surface area contributed by atoms with Crippen LogP contribution in [0.3, 0.4) is 0 Å². The molecule has 0 aliphatic heterocycles. The van der Waals surface area contributed by atoms with Crippen LogP contribution in [0.15, 0.2) is 0 Å². The SMILES string of the molecule is CCCCC(CCC)(OC(=O)CC)OC(=O)CC. The lowest BCUT2D eigenvalue weighted by Crippen LogP contribution is -2.40. The first-order chi connectivity index (χ1) is 8.53. The molecule has 0 radical (unpaired) electrons. The first-order valence-electron chi connectivity index (χ1n) is 6.97. The van der Waals surface area contributed by atoms with E-state index in [2.05, 4.69) is 6.92 Å². The summed E-state index contributed by atoms with van der Waals surface area (Å²) in [6, 6.07) is 0. The molecule has 0 unspecified atom stereocenters. The van der Waals surface area contributed by atoms with Gasteiger partial charge in [-0.2, -0.15) is 0 Å². The molecule has 0 aromatic rings. The molecule has 4 heteroatoms. The van der Waals surface area contributed by atoms with E-state index >= 15 is 0 Å². The minimum atomic E-state index is -1.05. The van der Waals surface area contributed by atoms with E-state index < -0.39 is 5.79 Å². The number of rotatable bonds is 9. The number of hydrogen-bond acceptors (Lipinski definition) is 4. The van der Waals surface area contributed by atoms with E-state index in [1.807, 2.05) is 6.92 Å². The molecule has 0 aliphatic rings. The summed E-state index contributed by atoms with van der Waals surface area (Å²) in [4.78, 5) is 23.0. The predicted molar refractivity (Wildman–Crippen MR) is 69.9 cm³/mol. The van der Waals surface area contributed by atoms with Crippen molar-refractivity contribution in [1.29, 1.82) is 0 Å². The van der Waals surface area contributed by atoms with Gasteiger partial charge in [0.15, 0.2) is 0 Å². The van der Waals surface area contributed by atoms with Crippen LogP contribution in [0, 0.1) is 0 Å². The normalized spacial score (nSPS) is 11.1. The fourth-order valence-electron chi connectivity index (χ4n) is 1.74. The number of unbranched alkanes of at least 4 members (excludes halogenated alkanes) is 1. The average molecular weight is 258 g/mol. The van der Waals surface area contributed by atoms with Gasteiger partial charge in [0, 0.05) is 25.7 Å². The Kier molecular flexibility index (Phi) is 8.42. The molecule has 0 saturated heterocycles. The smallest absolute Gasteiger partial charge is 0.308 e. The van der Waals surface area contributed by atoms with Gasteiger partial charge in [-0.25, -0.2) is 0 Å². The summed E-state index contributed by atoms with van der Waals surface area (Å²) < 4.78 is 10.8. The molecule has 0 saturated carbocycles. The van der Waals surface area contributed by atoms with Crippen LogP contribution in [-0.2, 0) is 19.1 Å². The van der Waals surface area contributed by atoms with Gasteiger partial charge in [-0.1, -0.05) is 34.1 Å². The van der Waals surface area contributed by atoms with Crippen molar-refractivity contribution in [3.63, 3.8) is 0 Å². The highest BCUT2D eigenvalue weighted by molar-refractivity contribution is 5.71. The van der Waals surface area contributed by atoms with E-state index in [-0.39, 0.29) is 11.9 Å². The zero-order valence-corrected chi connectivity index (χ0v) is 12.1. The monoisotopic (exact) mass is 258 g/mol. The number of esters is 2. The zero-order valence-electron chi connectivity index (χ0n) is 12.1. The number of carbonyl (C=O) groups excluding carboxylic acids is 2. The van der Waals surface area contributed by atoms with Gasteiger partial charge in [-0.15, -0.1) is 0 Å². The molecule has 106 valence electrons. The van der Waals surface area contributed by atoms with E-state index in [1.54, 1.807) is 13.8 Å². The van der Waals surface area contributed by atoms with Crippen LogP contribution in [0.2, 0.25) is 0 Å². The van der Waals surface area contributed by atoms with Gasteiger partial charge in [0.2, 0.25) is 0 Å². The van der Waals surface area contributed by atoms with Gasteiger partial charge in [-0.3, -0.25) is 9.59 Å². The second-order valence-electron chi connectivity index (χ2n) is 4.42. The number of ether oxygens (including phenoxy) is 2. The lowest BCUT2D eigenvalue weighted by Gasteiger charge is -2.32. The second-order valence-corrected chi connectivity index (χ2v) is 4.42. The fourth-order valence-corrected chi connectivity index (χ4v) is 1.74. The van der Waals surface area contributed by atoms with E-state index in [0.29, 0.717) is 25.7 Å². The van der Waals surface area contributed by atoms with Crippen LogP contribution < -0.4 is 0 Å². The molecule has 0 spiro atoms. The maximum atomic E-state index is 11.5. The molecule has 0 rings (SSSR count). The largest absolute Gasteiger partial charge is 0.422 e. The van der Waals surface area contributed by atoms with Crippen LogP contribution in [0.25, 0.3) is 0 Å². The summed E-state index contributed by atoms with van der Waals surface area (Å²) >= 11 is 0. The molecule has 0 aromatic carbocycles. The maximum absolute atomic E-state index is 11.5. The minimum Gasteiger partial charge on any atom is -0.422 e. The first-order valence-corrected chi connectivity index (χ1v) is 6.97. The Morgan fingerprint density at radius 3 is 1.67 bits per heavy atom. The molecule has 0 bridgehead atoms. The van der Waals surface area contributed by atoms with Crippen LogP contribution in [0.1, 0.15) is 72.6 Å².